The Hall–Kier alpha value is -3.66. The van der Waals surface area contributed by atoms with Crippen LogP contribution < -0.4 is 15.0 Å². The fourth-order valence-electron chi connectivity index (χ4n) is 2.96. The van der Waals surface area contributed by atoms with Crippen LogP contribution >= 0.6 is 11.6 Å². The van der Waals surface area contributed by atoms with Gasteiger partial charge in [-0.3, -0.25) is 9.69 Å². The third-order valence-corrected chi connectivity index (χ3v) is 4.79. The molecule has 0 atom stereocenters. The molecular formula is C21H15ClF3N5O2. The maximum atomic E-state index is 12.8. The molecule has 3 aromatic rings. The Kier molecular flexibility index (Phi) is 5.95. The van der Waals surface area contributed by atoms with Gasteiger partial charge in [0, 0.05) is 48.7 Å². The van der Waals surface area contributed by atoms with Crippen molar-refractivity contribution in [2.75, 3.05) is 16.8 Å². The van der Waals surface area contributed by atoms with E-state index in [0.29, 0.717) is 42.1 Å². The maximum Gasteiger partial charge on any atom is 0.417 e. The number of hydrogen-bond acceptors (Lipinski definition) is 6. The van der Waals surface area contributed by atoms with Crippen LogP contribution in [0, 0.1) is 0 Å². The van der Waals surface area contributed by atoms with E-state index in [0.717, 1.165) is 6.07 Å². The molecule has 1 saturated heterocycles. The highest BCUT2D eigenvalue weighted by atomic mass is 35.5. The van der Waals surface area contributed by atoms with E-state index in [4.69, 9.17) is 16.3 Å². The number of benzene rings is 1. The van der Waals surface area contributed by atoms with Crippen molar-refractivity contribution in [1.29, 1.82) is 0 Å². The number of aromatic nitrogens is 3. The maximum absolute atomic E-state index is 12.8. The third kappa shape index (κ3) is 4.80. The molecule has 11 heteroatoms. The average Bonchev–Trinajstić information content (AvgIpc) is 3.14. The molecule has 2 aromatic heterocycles. The van der Waals surface area contributed by atoms with E-state index in [9.17, 15) is 18.0 Å². The molecule has 0 radical (unpaired) electrons. The summed E-state index contributed by atoms with van der Waals surface area (Å²) in [4.78, 5) is 25.9. The van der Waals surface area contributed by atoms with Gasteiger partial charge in [-0.15, -0.1) is 0 Å². The first-order valence-corrected chi connectivity index (χ1v) is 9.74. The minimum Gasteiger partial charge on any atom is -0.437 e. The highest BCUT2D eigenvalue weighted by Gasteiger charge is 2.32. The van der Waals surface area contributed by atoms with Gasteiger partial charge in [0.25, 0.3) is 5.91 Å². The molecule has 0 unspecified atom stereocenters. The molecule has 1 aliphatic heterocycles. The van der Waals surface area contributed by atoms with Crippen molar-refractivity contribution in [1.82, 2.24) is 15.0 Å². The van der Waals surface area contributed by atoms with E-state index in [1.165, 1.54) is 4.90 Å². The highest BCUT2D eigenvalue weighted by Crippen LogP contribution is 2.35. The summed E-state index contributed by atoms with van der Waals surface area (Å²) < 4.78 is 43.8. The second-order valence-electron chi connectivity index (χ2n) is 6.71. The molecule has 7 nitrogen and oxygen atoms in total. The molecule has 0 spiro atoms. The van der Waals surface area contributed by atoms with E-state index < -0.39 is 11.7 Å². The van der Waals surface area contributed by atoms with E-state index in [1.54, 1.807) is 48.9 Å². The number of ether oxygens (including phenoxy) is 1. The van der Waals surface area contributed by atoms with Crippen LogP contribution in [0.1, 0.15) is 12.0 Å². The topological polar surface area (TPSA) is 80.2 Å². The third-order valence-electron chi connectivity index (χ3n) is 4.51. The minimum absolute atomic E-state index is 0.153. The Labute approximate surface area is 185 Å². The summed E-state index contributed by atoms with van der Waals surface area (Å²) in [5.41, 5.74) is 0.185. The van der Waals surface area contributed by atoms with Gasteiger partial charge in [0.15, 0.2) is 0 Å². The SMILES string of the molecule is O=C1/C(=C\Nc2cccc(Oc3ncc(C(F)(F)F)cc3Cl)c2)CCN1c1ncccn1. The molecule has 1 N–H and O–H groups in total. The second-order valence-corrected chi connectivity index (χ2v) is 7.12. The Bertz CT molecular complexity index is 1170. The summed E-state index contributed by atoms with van der Waals surface area (Å²) in [6.07, 6.45) is 1.35. The van der Waals surface area contributed by atoms with Crippen molar-refractivity contribution in [2.45, 2.75) is 12.6 Å². The van der Waals surface area contributed by atoms with Crippen LogP contribution in [-0.2, 0) is 11.0 Å². The average molecular weight is 462 g/mol. The quantitative estimate of drug-likeness (QED) is 0.534. The smallest absolute Gasteiger partial charge is 0.417 e. The Balaban J connectivity index is 1.44. The Morgan fingerprint density at radius 1 is 1.12 bits per heavy atom. The van der Waals surface area contributed by atoms with Gasteiger partial charge in [-0.1, -0.05) is 17.7 Å². The summed E-state index contributed by atoms with van der Waals surface area (Å²) in [5.74, 6) is 0.299. The number of rotatable bonds is 5. The molecule has 1 aromatic carbocycles. The number of anilines is 2. The predicted molar refractivity (Wildman–Crippen MR) is 111 cm³/mol. The zero-order valence-corrected chi connectivity index (χ0v) is 17.1. The van der Waals surface area contributed by atoms with Gasteiger partial charge in [-0.05, 0) is 30.7 Å². The predicted octanol–water partition coefficient (Wildman–Crippen LogP) is 5.07. The van der Waals surface area contributed by atoms with Gasteiger partial charge in [-0.25, -0.2) is 15.0 Å². The lowest BCUT2D eigenvalue weighted by molar-refractivity contribution is -0.137. The number of amides is 1. The summed E-state index contributed by atoms with van der Waals surface area (Å²) in [6, 6.07) is 9.04. The Morgan fingerprint density at radius 3 is 2.62 bits per heavy atom. The van der Waals surface area contributed by atoms with E-state index in [1.807, 2.05) is 0 Å². The van der Waals surface area contributed by atoms with Crippen molar-refractivity contribution in [3.8, 4) is 11.6 Å². The van der Waals surface area contributed by atoms with Gasteiger partial charge in [0.05, 0.1) is 5.56 Å². The fraction of sp³-hybridized carbons (Fsp3) is 0.143. The fourth-order valence-corrected chi connectivity index (χ4v) is 3.16. The van der Waals surface area contributed by atoms with Gasteiger partial charge >= 0.3 is 6.18 Å². The van der Waals surface area contributed by atoms with Crippen LogP contribution in [0.25, 0.3) is 0 Å². The molecule has 3 heterocycles. The lowest BCUT2D eigenvalue weighted by Crippen LogP contribution is -2.26. The number of halogens is 4. The molecule has 0 bridgehead atoms. The van der Waals surface area contributed by atoms with Crippen LogP contribution in [0.5, 0.6) is 11.6 Å². The van der Waals surface area contributed by atoms with Crippen molar-refractivity contribution < 1.29 is 22.7 Å². The number of alkyl halides is 3. The van der Waals surface area contributed by atoms with Crippen molar-refractivity contribution in [2.24, 2.45) is 0 Å². The molecule has 0 aliphatic carbocycles. The molecule has 164 valence electrons. The lowest BCUT2D eigenvalue weighted by atomic mass is 10.2. The number of pyridine rings is 1. The zero-order chi connectivity index (χ0) is 22.7. The molecule has 32 heavy (non-hydrogen) atoms. The first-order chi connectivity index (χ1) is 15.3. The number of carbonyl (C=O) groups excluding carboxylic acids is 1. The van der Waals surface area contributed by atoms with E-state index in [-0.39, 0.29) is 16.8 Å². The molecule has 4 rings (SSSR count). The van der Waals surface area contributed by atoms with Crippen LogP contribution in [0.4, 0.5) is 24.8 Å². The highest BCUT2D eigenvalue weighted by molar-refractivity contribution is 6.31. The summed E-state index contributed by atoms with van der Waals surface area (Å²) >= 11 is 5.89. The van der Waals surface area contributed by atoms with Crippen LogP contribution in [0.3, 0.4) is 0 Å². The monoisotopic (exact) mass is 461 g/mol. The van der Waals surface area contributed by atoms with Crippen LogP contribution in [-0.4, -0.2) is 27.4 Å². The summed E-state index contributed by atoms with van der Waals surface area (Å²) in [5, 5.41) is 2.76. The van der Waals surface area contributed by atoms with Gasteiger partial charge in [-0.2, -0.15) is 13.2 Å². The number of hydrogen-bond donors (Lipinski definition) is 1. The van der Waals surface area contributed by atoms with Gasteiger partial charge in [0.1, 0.15) is 10.8 Å². The summed E-state index contributed by atoms with van der Waals surface area (Å²) in [6.45, 7) is 0.470. The van der Waals surface area contributed by atoms with Crippen molar-refractivity contribution >= 4 is 29.1 Å². The molecule has 1 aliphatic rings. The largest absolute Gasteiger partial charge is 0.437 e. The van der Waals surface area contributed by atoms with Gasteiger partial charge < -0.3 is 10.1 Å². The van der Waals surface area contributed by atoms with E-state index >= 15 is 0 Å². The van der Waals surface area contributed by atoms with Crippen molar-refractivity contribution in [3.05, 3.63) is 77.3 Å². The number of nitrogens with one attached hydrogen (secondary N) is 1. The number of nitrogens with zero attached hydrogens (tertiary/aromatic N) is 4. The molecular weight excluding hydrogens is 447 g/mol. The first kappa shape index (κ1) is 21.6. The summed E-state index contributed by atoms with van der Waals surface area (Å²) in [7, 11) is 0. The lowest BCUT2D eigenvalue weighted by Gasteiger charge is -2.12. The first-order valence-electron chi connectivity index (χ1n) is 9.36. The zero-order valence-electron chi connectivity index (χ0n) is 16.3. The van der Waals surface area contributed by atoms with E-state index in [2.05, 4.69) is 20.3 Å². The molecule has 1 amide bonds. The van der Waals surface area contributed by atoms with Gasteiger partial charge in [0.2, 0.25) is 11.8 Å². The standard InChI is InChI=1S/C21H15ClF3N5O2/c22-17-9-14(21(23,24)25)12-29-18(17)32-16-4-1-3-15(10-16)28-11-13-5-8-30(19(13)31)20-26-6-2-7-27-20/h1-4,6-7,9-12,28H,5,8H2/b13-11-. The Morgan fingerprint density at radius 2 is 1.91 bits per heavy atom. The van der Waals surface area contributed by atoms with Crippen molar-refractivity contribution in [3.63, 3.8) is 0 Å². The molecule has 0 saturated carbocycles. The normalized spacial score (nSPS) is 15.3. The minimum atomic E-state index is -4.55. The number of carbonyl (C=O) groups is 1. The molecule has 1 fully saturated rings. The van der Waals surface area contributed by atoms with Crippen LogP contribution in [0.2, 0.25) is 5.02 Å². The van der Waals surface area contributed by atoms with Crippen LogP contribution in [0.15, 0.2) is 66.8 Å². The second kappa shape index (κ2) is 8.83.